The van der Waals surface area contributed by atoms with E-state index in [1.165, 1.54) is 30.4 Å². The molecule has 7 heteroatoms. The highest BCUT2D eigenvalue weighted by Gasteiger charge is 2.36. The van der Waals surface area contributed by atoms with E-state index in [9.17, 15) is 18.7 Å². The predicted octanol–water partition coefficient (Wildman–Crippen LogP) is 4.92. The second-order valence-electron chi connectivity index (χ2n) is 8.86. The lowest BCUT2D eigenvalue weighted by Gasteiger charge is -2.39. The van der Waals surface area contributed by atoms with E-state index in [0.717, 1.165) is 42.9 Å². The number of halogens is 2. The van der Waals surface area contributed by atoms with E-state index in [2.05, 4.69) is 28.7 Å². The van der Waals surface area contributed by atoms with Crippen molar-refractivity contribution in [2.24, 2.45) is 0 Å². The van der Waals surface area contributed by atoms with Gasteiger partial charge in [-0.05, 0) is 60.9 Å². The summed E-state index contributed by atoms with van der Waals surface area (Å²) in [5.74, 6) is -1.66. The number of rotatable bonds is 9. The average Bonchev–Trinajstić information content (AvgIpc) is 3.22. The summed E-state index contributed by atoms with van der Waals surface area (Å²) in [6.07, 6.45) is 4.52. The fourth-order valence-electron chi connectivity index (χ4n) is 4.45. The first-order valence-electron chi connectivity index (χ1n) is 11.1. The Bertz CT molecular complexity index is 933. The smallest absolute Gasteiger partial charge is 0.217 e. The van der Waals surface area contributed by atoms with Gasteiger partial charge in [-0.2, -0.15) is 0 Å². The summed E-state index contributed by atoms with van der Waals surface area (Å²) in [4.78, 5) is 13.0. The Morgan fingerprint density at radius 3 is 2.38 bits per heavy atom. The molecule has 1 aliphatic rings. The van der Waals surface area contributed by atoms with Crippen molar-refractivity contribution in [3.8, 4) is 0 Å². The molecule has 3 rings (SSSR count). The van der Waals surface area contributed by atoms with Crippen LogP contribution in [0.25, 0.3) is 5.57 Å². The minimum Gasteiger partial charge on any atom is -0.390 e. The number of thiophene rings is 1. The van der Waals surface area contributed by atoms with Gasteiger partial charge in [0.05, 0.1) is 17.7 Å². The quantitative estimate of drug-likeness (QED) is 0.496. The molecule has 1 amide bonds. The fourth-order valence-corrected chi connectivity index (χ4v) is 5.67. The molecule has 0 radical (unpaired) electrons. The van der Waals surface area contributed by atoms with Gasteiger partial charge < -0.3 is 15.7 Å². The predicted molar refractivity (Wildman–Crippen MR) is 125 cm³/mol. The molecule has 0 unspecified atom stereocenters. The maximum Gasteiger partial charge on any atom is 0.217 e. The van der Waals surface area contributed by atoms with Gasteiger partial charge >= 0.3 is 0 Å². The van der Waals surface area contributed by atoms with Gasteiger partial charge in [-0.15, -0.1) is 11.3 Å². The minimum absolute atomic E-state index is 0.128. The molecule has 1 saturated carbocycles. The first-order valence-corrected chi connectivity index (χ1v) is 12.0. The molecule has 2 aromatic rings. The van der Waals surface area contributed by atoms with Gasteiger partial charge in [-0.3, -0.25) is 4.79 Å². The molecule has 1 heterocycles. The number of amides is 1. The molecule has 32 heavy (non-hydrogen) atoms. The first-order chi connectivity index (χ1) is 15.2. The van der Waals surface area contributed by atoms with Crippen LogP contribution >= 0.6 is 11.3 Å². The van der Waals surface area contributed by atoms with Crippen LogP contribution in [0.3, 0.4) is 0 Å². The summed E-state index contributed by atoms with van der Waals surface area (Å²) in [6.45, 7) is 7.65. The number of carbonyl (C=O) groups excluding carboxylic acids is 1. The van der Waals surface area contributed by atoms with Crippen molar-refractivity contribution < 1.29 is 18.7 Å². The molecule has 0 saturated heterocycles. The lowest BCUT2D eigenvalue weighted by Crippen LogP contribution is -2.52. The molecule has 1 aliphatic carbocycles. The van der Waals surface area contributed by atoms with Crippen LogP contribution in [-0.4, -0.2) is 29.7 Å². The Labute approximate surface area is 192 Å². The lowest BCUT2D eigenvalue weighted by atomic mass is 9.80. The molecule has 2 atom stereocenters. The molecular formula is C25H32F2N2O2S. The van der Waals surface area contributed by atoms with Crippen LogP contribution in [0.1, 0.15) is 62.0 Å². The number of aliphatic hydroxyl groups excluding tert-OH is 1. The van der Waals surface area contributed by atoms with Crippen LogP contribution in [0, 0.1) is 11.6 Å². The average molecular weight is 463 g/mol. The molecule has 3 N–H and O–H groups in total. The molecule has 0 aliphatic heterocycles. The van der Waals surface area contributed by atoms with Crippen molar-refractivity contribution in [1.29, 1.82) is 0 Å². The van der Waals surface area contributed by atoms with Crippen molar-refractivity contribution in [2.75, 3.05) is 6.54 Å². The number of nitrogens with one attached hydrogen (secondary N) is 2. The molecule has 0 bridgehead atoms. The number of hydrogen-bond donors (Lipinski definition) is 3. The van der Waals surface area contributed by atoms with Gasteiger partial charge in [-0.25, -0.2) is 8.78 Å². The van der Waals surface area contributed by atoms with E-state index >= 15 is 0 Å². The van der Waals surface area contributed by atoms with Gasteiger partial charge in [0.15, 0.2) is 0 Å². The first kappa shape index (κ1) is 24.6. The molecule has 1 aromatic heterocycles. The molecule has 174 valence electrons. The van der Waals surface area contributed by atoms with Gasteiger partial charge in [-0.1, -0.05) is 31.4 Å². The highest BCUT2D eigenvalue weighted by molar-refractivity contribution is 7.10. The number of allylic oxidation sites excluding steroid dienone is 1. The molecule has 0 spiro atoms. The summed E-state index contributed by atoms with van der Waals surface area (Å²) in [6, 6.07) is 4.77. The Morgan fingerprint density at radius 1 is 1.16 bits per heavy atom. The zero-order valence-corrected chi connectivity index (χ0v) is 19.5. The number of carbonyl (C=O) groups is 1. The second kappa shape index (κ2) is 10.7. The lowest BCUT2D eigenvalue weighted by molar-refractivity contribution is -0.120. The monoisotopic (exact) mass is 462 g/mol. The van der Waals surface area contributed by atoms with E-state index in [0.29, 0.717) is 5.56 Å². The molecule has 1 fully saturated rings. The minimum atomic E-state index is -0.926. The Hall–Kier alpha value is -2.09. The van der Waals surface area contributed by atoms with Crippen LogP contribution in [0.15, 0.2) is 36.2 Å². The van der Waals surface area contributed by atoms with Gasteiger partial charge in [0.1, 0.15) is 11.6 Å². The largest absolute Gasteiger partial charge is 0.390 e. The van der Waals surface area contributed by atoms with E-state index < -0.39 is 23.8 Å². The molecule has 1 aromatic carbocycles. The Morgan fingerprint density at radius 2 is 1.81 bits per heavy atom. The third-order valence-corrected chi connectivity index (χ3v) is 7.29. The molecular weight excluding hydrogens is 430 g/mol. The van der Waals surface area contributed by atoms with Crippen molar-refractivity contribution >= 4 is 22.8 Å². The standard InChI is InChI=1S/C25H32F2N2O2S/c1-16(2)19-12-24(32-15-19)25(7-5-4-6-8-25)28-14-23(31)22(29-17(3)30)11-18-9-20(26)13-21(27)10-18/h9-10,12-13,15,22-23,28,31H,1,4-8,11,14H2,2-3H3,(H,29,30)/t22-,23-/m1/s1. The third kappa shape index (κ3) is 6.24. The number of benzene rings is 1. The Kier molecular flexibility index (Phi) is 8.20. The van der Waals surface area contributed by atoms with Crippen LogP contribution in [0.2, 0.25) is 0 Å². The highest BCUT2D eigenvalue weighted by Crippen LogP contribution is 2.41. The van der Waals surface area contributed by atoms with Crippen molar-refractivity contribution in [3.05, 3.63) is 63.9 Å². The SMILES string of the molecule is C=C(C)c1csc(C2(NC[C@@H](O)[C@@H](Cc3cc(F)cc(F)c3)NC(C)=O)CCCCC2)c1. The zero-order valence-electron chi connectivity index (χ0n) is 18.7. The van der Waals surface area contributed by atoms with Crippen molar-refractivity contribution in [2.45, 2.75) is 70.1 Å². The number of aliphatic hydroxyl groups is 1. The van der Waals surface area contributed by atoms with Gasteiger partial charge in [0.25, 0.3) is 0 Å². The van der Waals surface area contributed by atoms with Crippen LogP contribution in [-0.2, 0) is 16.8 Å². The van der Waals surface area contributed by atoms with Crippen molar-refractivity contribution in [3.63, 3.8) is 0 Å². The fraction of sp³-hybridized carbons (Fsp3) is 0.480. The van der Waals surface area contributed by atoms with Gasteiger partial charge in [0.2, 0.25) is 5.91 Å². The van der Waals surface area contributed by atoms with E-state index in [1.807, 2.05) is 6.92 Å². The number of hydrogen-bond acceptors (Lipinski definition) is 4. The summed E-state index contributed by atoms with van der Waals surface area (Å²) >= 11 is 1.70. The van der Waals surface area contributed by atoms with E-state index in [4.69, 9.17) is 0 Å². The van der Waals surface area contributed by atoms with E-state index in [-0.39, 0.29) is 24.4 Å². The third-order valence-electron chi connectivity index (χ3n) is 6.15. The molecule has 4 nitrogen and oxygen atoms in total. The van der Waals surface area contributed by atoms with Crippen LogP contribution in [0.5, 0.6) is 0 Å². The topological polar surface area (TPSA) is 61.4 Å². The maximum absolute atomic E-state index is 13.6. The maximum atomic E-state index is 13.6. The summed E-state index contributed by atoms with van der Waals surface area (Å²) in [5, 5.41) is 19.4. The van der Waals surface area contributed by atoms with Crippen LogP contribution in [0.4, 0.5) is 8.78 Å². The summed E-state index contributed by atoms with van der Waals surface area (Å²) in [5.41, 5.74) is 2.30. The summed E-state index contributed by atoms with van der Waals surface area (Å²) in [7, 11) is 0. The zero-order chi connectivity index (χ0) is 23.3. The summed E-state index contributed by atoms with van der Waals surface area (Å²) < 4.78 is 27.2. The van der Waals surface area contributed by atoms with Crippen LogP contribution < -0.4 is 10.6 Å². The van der Waals surface area contributed by atoms with Crippen molar-refractivity contribution in [1.82, 2.24) is 10.6 Å². The Balaban J connectivity index is 1.76. The van der Waals surface area contributed by atoms with Gasteiger partial charge in [0, 0.05) is 24.4 Å². The highest BCUT2D eigenvalue weighted by atomic mass is 32.1. The second-order valence-corrected chi connectivity index (χ2v) is 9.77. The normalized spacial score (nSPS) is 17.5. The van der Waals surface area contributed by atoms with E-state index in [1.54, 1.807) is 11.3 Å².